The Balaban J connectivity index is 2.33. The molecule has 1 aromatic rings. The average Bonchev–Trinajstić information content (AvgIpc) is 2.32. The molecule has 1 aromatic carbocycles. The maximum atomic E-state index is 9.88. The molecule has 0 heterocycles. The maximum Gasteiger partial charge on any atom is 0.0791 e. The lowest BCUT2D eigenvalue weighted by molar-refractivity contribution is 0.121. The van der Waals surface area contributed by atoms with Crippen molar-refractivity contribution in [1.29, 1.82) is 0 Å². The van der Waals surface area contributed by atoms with Gasteiger partial charge in [-0.05, 0) is 31.6 Å². The molecule has 0 saturated carbocycles. The topological polar surface area (TPSA) is 35.5 Å². The van der Waals surface area contributed by atoms with Gasteiger partial charge in [0.1, 0.15) is 0 Å². The predicted molar refractivity (Wildman–Crippen MR) is 79.6 cm³/mol. The van der Waals surface area contributed by atoms with Gasteiger partial charge in [-0.1, -0.05) is 41.1 Å². The predicted octanol–water partition coefficient (Wildman–Crippen LogP) is 2.24. The molecule has 4 heteroatoms. The summed E-state index contributed by atoms with van der Waals surface area (Å²) in [4.78, 5) is 2.14. The largest absolute Gasteiger partial charge is 0.390 e. The summed E-state index contributed by atoms with van der Waals surface area (Å²) in [5, 5.41) is 13.1. The molecule has 102 valence electrons. The molecule has 1 atom stereocenters. The Morgan fingerprint density at radius 3 is 2.78 bits per heavy atom. The van der Waals surface area contributed by atoms with Crippen molar-refractivity contribution in [3.8, 4) is 0 Å². The van der Waals surface area contributed by atoms with Gasteiger partial charge in [-0.3, -0.25) is 4.90 Å². The molecule has 0 aliphatic carbocycles. The molecule has 18 heavy (non-hydrogen) atoms. The van der Waals surface area contributed by atoms with E-state index in [0.29, 0.717) is 13.1 Å². The van der Waals surface area contributed by atoms with Gasteiger partial charge >= 0.3 is 0 Å². The Morgan fingerprint density at radius 2 is 2.11 bits per heavy atom. The first kappa shape index (κ1) is 15.6. The Bertz CT molecular complexity index is 346. The van der Waals surface area contributed by atoms with E-state index in [-0.39, 0.29) is 6.10 Å². The van der Waals surface area contributed by atoms with Gasteiger partial charge in [0.05, 0.1) is 6.10 Å². The number of likely N-dealkylation sites (N-methyl/N-ethyl adjacent to an activating group) is 1. The van der Waals surface area contributed by atoms with Gasteiger partial charge in [0.2, 0.25) is 0 Å². The van der Waals surface area contributed by atoms with E-state index in [1.165, 1.54) is 5.56 Å². The van der Waals surface area contributed by atoms with Crippen LogP contribution < -0.4 is 5.32 Å². The zero-order valence-electron chi connectivity index (χ0n) is 11.2. The second-order valence-electron chi connectivity index (χ2n) is 4.65. The second kappa shape index (κ2) is 8.64. The van der Waals surface area contributed by atoms with Crippen LogP contribution in [0.3, 0.4) is 0 Å². The molecular formula is C14H23BrN2O. The van der Waals surface area contributed by atoms with E-state index in [4.69, 9.17) is 0 Å². The number of hydrogen-bond donors (Lipinski definition) is 2. The highest BCUT2D eigenvalue weighted by Gasteiger charge is 2.09. The molecule has 3 nitrogen and oxygen atoms in total. The molecule has 0 aromatic heterocycles. The first-order chi connectivity index (χ1) is 8.63. The molecule has 1 unspecified atom stereocenters. The van der Waals surface area contributed by atoms with E-state index in [2.05, 4.69) is 39.1 Å². The quantitative estimate of drug-likeness (QED) is 0.722. The minimum atomic E-state index is -0.316. The lowest BCUT2D eigenvalue weighted by atomic mass is 10.2. The van der Waals surface area contributed by atoms with Gasteiger partial charge in [-0.25, -0.2) is 0 Å². The first-order valence-electron chi connectivity index (χ1n) is 6.44. The number of aliphatic hydroxyl groups excluding tert-OH is 1. The van der Waals surface area contributed by atoms with Crippen molar-refractivity contribution < 1.29 is 5.11 Å². The second-order valence-corrected chi connectivity index (χ2v) is 5.50. The minimum Gasteiger partial charge on any atom is -0.390 e. The van der Waals surface area contributed by atoms with E-state index >= 15 is 0 Å². The SMILES string of the molecule is CCCNCC(O)CN(C)Cc1ccccc1Br. The van der Waals surface area contributed by atoms with Crippen LogP contribution >= 0.6 is 15.9 Å². The fraction of sp³-hybridized carbons (Fsp3) is 0.571. The summed E-state index contributed by atoms with van der Waals surface area (Å²) < 4.78 is 1.12. The van der Waals surface area contributed by atoms with Crippen molar-refractivity contribution >= 4 is 15.9 Å². The van der Waals surface area contributed by atoms with E-state index in [1.807, 2.05) is 25.2 Å². The molecule has 0 aliphatic rings. The summed E-state index contributed by atoms with van der Waals surface area (Å²) >= 11 is 3.54. The standard InChI is InChI=1S/C14H23BrN2O/c1-3-8-16-9-13(18)11-17(2)10-12-6-4-5-7-14(12)15/h4-7,13,16,18H,3,8-11H2,1-2H3. The zero-order valence-corrected chi connectivity index (χ0v) is 12.8. The minimum absolute atomic E-state index is 0.316. The Hall–Kier alpha value is -0.420. The van der Waals surface area contributed by atoms with Crippen LogP contribution in [0.2, 0.25) is 0 Å². The van der Waals surface area contributed by atoms with Gasteiger partial charge in [0.25, 0.3) is 0 Å². The van der Waals surface area contributed by atoms with Gasteiger partial charge in [0.15, 0.2) is 0 Å². The lowest BCUT2D eigenvalue weighted by Gasteiger charge is -2.21. The van der Waals surface area contributed by atoms with Crippen molar-refractivity contribution in [3.63, 3.8) is 0 Å². The van der Waals surface area contributed by atoms with Crippen LogP contribution in [-0.4, -0.2) is 42.8 Å². The normalized spacial score (nSPS) is 12.9. The molecular weight excluding hydrogens is 292 g/mol. The molecule has 0 bridgehead atoms. The van der Waals surface area contributed by atoms with Crippen LogP contribution in [0.15, 0.2) is 28.7 Å². The maximum absolute atomic E-state index is 9.88. The number of benzene rings is 1. The van der Waals surface area contributed by atoms with E-state index in [9.17, 15) is 5.11 Å². The van der Waals surface area contributed by atoms with Crippen LogP contribution in [0.4, 0.5) is 0 Å². The van der Waals surface area contributed by atoms with Gasteiger partial charge in [0, 0.05) is 24.1 Å². The van der Waals surface area contributed by atoms with Crippen LogP contribution in [-0.2, 0) is 6.54 Å². The summed E-state index contributed by atoms with van der Waals surface area (Å²) in [6, 6.07) is 8.19. The van der Waals surface area contributed by atoms with Crippen molar-refractivity contribution in [1.82, 2.24) is 10.2 Å². The molecule has 0 saturated heterocycles. The fourth-order valence-electron chi connectivity index (χ4n) is 1.85. The van der Waals surface area contributed by atoms with Crippen molar-refractivity contribution in [3.05, 3.63) is 34.3 Å². The van der Waals surface area contributed by atoms with Crippen LogP contribution in [0.1, 0.15) is 18.9 Å². The van der Waals surface area contributed by atoms with Crippen molar-refractivity contribution in [2.24, 2.45) is 0 Å². The Morgan fingerprint density at radius 1 is 1.39 bits per heavy atom. The van der Waals surface area contributed by atoms with Gasteiger partial charge in [-0.15, -0.1) is 0 Å². The number of hydrogen-bond acceptors (Lipinski definition) is 3. The average molecular weight is 315 g/mol. The molecule has 0 aliphatic heterocycles. The molecule has 0 fully saturated rings. The molecule has 1 rings (SSSR count). The summed E-state index contributed by atoms with van der Waals surface area (Å²) in [6.45, 7) is 5.27. The highest BCUT2D eigenvalue weighted by Crippen LogP contribution is 2.17. The van der Waals surface area contributed by atoms with E-state index in [1.54, 1.807) is 0 Å². The monoisotopic (exact) mass is 314 g/mol. The van der Waals surface area contributed by atoms with Crippen LogP contribution in [0, 0.1) is 0 Å². The first-order valence-corrected chi connectivity index (χ1v) is 7.23. The Labute approximate surface area is 118 Å². The number of rotatable bonds is 8. The number of halogens is 1. The molecule has 2 N–H and O–H groups in total. The fourth-order valence-corrected chi connectivity index (χ4v) is 2.26. The van der Waals surface area contributed by atoms with Crippen LogP contribution in [0.25, 0.3) is 0 Å². The zero-order chi connectivity index (χ0) is 13.4. The number of aliphatic hydroxyl groups is 1. The summed E-state index contributed by atoms with van der Waals surface area (Å²) in [6.07, 6.45) is 0.781. The summed E-state index contributed by atoms with van der Waals surface area (Å²) in [5.41, 5.74) is 1.24. The van der Waals surface area contributed by atoms with Crippen molar-refractivity contribution in [2.45, 2.75) is 26.0 Å². The summed E-state index contributed by atoms with van der Waals surface area (Å²) in [5.74, 6) is 0. The summed E-state index contributed by atoms with van der Waals surface area (Å²) in [7, 11) is 2.03. The van der Waals surface area contributed by atoms with Gasteiger partial charge in [-0.2, -0.15) is 0 Å². The third-order valence-corrected chi connectivity index (χ3v) is 3.50. The third kappa shape index (κ3) is 5.96. The lowest BCUT2D eigenvalue weighted by Crippen LogP contribution is -2.36. The van der Waals surface area contributed by atoms with Gasteiger partial charge < -0.3 is 10.4 Å². The molecule has 0 radical (unpaired) electrons. The highest BCUT2D eigenvalue weighted by atomic mass is 79.9. The number of nitrogens with zero attached hydrogens (tertiary/aromatic N) is 1. The smallest absolute Gasteiger partial charge is 0.0791 e. The van der Waals surface area contributed by atoms with E-state index < -0.39 is 0 Å². The van der Waals surface area contributed by atoms with E-state index in [0.717, 1.165) is 24.0 Å². The molecule has 0 amide bonds. The highest BCUT2D eigenvalue weighted by molar-refractivity contribution is 9.10. The van der Waals surface area contributed by atoms with Crippen molar-refractivity contribution in [2.75, 3.05) is 26.7 Å². The third-order valence-electron chi connectivity index (χ3n) is 2.73. The number of nitrogens with one attached hydrogen (secondary N) is 1. The van der Waals surface area contributed by atoms with Crippen LogP contribution in [0.5, 0.6) is 0 Å². The Kier molecular flexibility index (Phi) is 7.51. The molecule has 0 spiro atoms.